The lowest BCUT2D eigenvalue weighted by atomic mass is 10.1. The summed E-state index contributed by atoms with van der Waals surface area (Å²) in [6, 6.07) is 0. The molecule has 8 unspecified atom stereocenters. The highest BCUT2D eigenvalue weighted by Gasteiger charge is 2.46. The highest BCUT2D eigenvalue weighted by atomic mass is 16.7. The van der Waals surface area contributed by atoms with Crippen molar-refractivity contribution in [2.45, 2.75) is 107 Å². The van der Waals surface area contributed by atoms with Crippen molar-refractivity contribution in [3.8, 4) is 0 Å². The maximum absolute atomic E-state index is 10.1. The highest BCUT2D eigenvalue weighted by Crippen LogP contribution is 2.26. The SMILES string of the molecule is CCCCCCCCCCOC1OC(COC2OC(CO)C(O)C2O)C(O)C1O. The van der Waals surface area contributed by atoms with Crippen molar-refractivity contribution >= 4 is 0 Å². The lowest BCUT2D eigenvalue weighted by Crippen LogP contribution is -2.38. The summed E-state index contributed by atoms with van der Waals surface area (Å²) in [6.45, 7) is 2.02. The van der Waals surface area contributed by atoms with Crippen molar-refractivity contribution in [1.82, 2.24) is 0 Å². The van der Waals surface area contributed by atoms with Crippen LogP contribution in [-0.4, -0.2) is 94.6 Å². The molecule has 0 aromatic rings. The summed E-state index contributed by atoms with van der Waals surface area (Å²) in [4.78, 5) is 0. The summed E-state index contributed by atoms with van der Waals surface area (Å²) in [7, 11) is 0. The molecule has 172 valence electrons. The van der Waals surface area contributed by atoms with Crippen molar-refractivity contribution in [2.75, 3.05) is 19.8 Å². The smallest absolute Gasteiger partial charge is 0.186 e. The summed E-state index contributed by atoms with van der Waals surface area (Å²) in [5.41, 5.74) is 0. The highest BCUT2D eigenvalue weighted by molar-refractivity contribution is 4.89. The summed E-state index contributed by atoms with van der Waals surface area (Å²) in [6.07, 6.45) is 0.559. The van der Waals surface area contributed by atoms with Crippen LogP contribution in [0, 0.1) is 0 Å². The summed E-state index contributed by atoms with van der Waals surface area (Å²) < 4.78 is 21.7. The Morgan fingerprint density at radius 1 is 0.655 bits per heavy atom. The number of aliphatic hydroxyl groups is 5. The quantitative estimate of drug-likeness (QED) is 0.246. The molecule has 0 radical (unpaired) electrons. The van der Waals surface area contributed by atoms with E-state index in [2.05, 4.69) is 6.92 Å². The van der Waals surface area contributed by atoms with E-state index >= 15 is 0 Å². The van der Waals surface area contributed by atoms with Gasteiger partial charge in [-0.25, -0.2) is 0 Å². The molecule has 2 rings (SSSR count). The van der Waals surface area contributed by atoms with Gasteiger partial charge in [0.25, 0.3) is 0 Å². The van der Waals surface area contributed by atoms with Crippen LogP contribution in [0.15, 0.2) is 0 Å². The van der Waals surface area contributed by atoms with Crippen LogP contribution in [0.2, 0.25) is 0 Å². The molecule has 8 atom stereocenters. The van der Waals surface area contributed by atoms with Gasteiger partial charge in [-0.2, -0.15) is 0 Å². The molecule has 2 fully saturated rings. The average molecular weight is 423 g/mol. The Labute approximate surface area is 172 Å². The van der Waals surface area contributed by atoms with E-state index in [1.807, 2.05) is 0 Å². The minimum Gasteiger partial charge on any atom is -0.394 e. The van der Waals surface area contributed by atoms with Gasteiger partial charge in [0.05, 0.1) is 13.2 Å². The molecule has 0 amide bonds. The minimum atomic E-state index is -1.32. The molecule has 2 aliphatic rings. The Kier molecular flexibility index (Phi) is 11.3. The Morgan fingerprint density at radius 3 is 1.76 bits per heavy atom. The van der Waals surface area contributed by atoms with Gasteiger partial charge in [0.2, 0.25) is 0 Å². The minimum absolute atomic E-state index is 0.164. The monoisotopic (exact) mass is 422 g/mol. The molecule has 2 saturated heterocycles. The van der Waals surface area contributed by atoms with Gasteiger partial charge >= 0.3 is 0 Å². The molecule has 9 heteroatoms. The second-order valence-electron chi connectivity index (χ2n) is 7.91. The fourth-order valence-corrected chi connectivity index (χ4v) is 3.62. The van der Waals surface area contributed by atoms with Crippen molar-refractivity contribution in [3.05, 3.63) is 0 Å². The molecule has 2 heterocycles. The summed E-state index contributed by atoms with van der Waals surface area (Å²) in [5, 5.41) is 48.9. The molecule has 0 bridgehead atoms. The van der Waals surface area contributed by atoms with Gasteiger partial charge in [-0.1, -0.05) is 51.9 Å². The van der Waals surface area contributed by atoms with Crippen LogP contribution >= 0.6 is 0 Å². The number of aliphatic hydroxyl groups excluding tert-OH is 5. The molecule has 0 spiro atoms. The van der Waals surface area contributed by atoms with Gasteiger partial charge in [-0.15, -0.1) is 0 Å². The molecule has 0 aromatic heterocycles. The third kappa shape index (κ3) is 7.37. The van der Waals surface area contributed by atoms with Gasteiger partial charge < -0.3 is 44.5 Å². The largest absolute Gasteiger partial charge is 0.394 e. The standard InChI is InChI=1S/C20H38O9/c1-2-3-4-5-6-7-8-9-10-26-19-18(25)16(23)14(29-19)12-27-20-17(24)15(22)13(11-21)28-20/h13-25H,2-12H2,1H3. The van der Waals surface area contributed by atoms with E-state index in [1.54, 1.807) is 0 Å². The van der Waals surface area contributed by atoms with Crippen LogP contribution in [0.1, 0.15) is 58.3 Å². The first-order chi connectivity index (χ1) is 14.0. The summed E-state index contributed by atoms with van der Waals surface area (Å²) in [5.74, 6) is 0. The van der Waals surface area contributed by atoms with Gasteiger partial charge in [0.1, 0.15) is 36.6 Å². The van der Waals surface area contributed by atoms with E-state index in [9.17, 15) is 20.4 Å². The van der Waals surface area contributed by atoms with E-state index < -0.39 is 55.8 Å². The average Bonchev–Trinajstić information content (AvgIpc) is 3.15. The molecule has 0 aliphatic carbocycles. The van der Waals surface area contributed by atoms with E-state index in [0.29, 0.717) is 6.61 Å². The molecular weight excluding hydrogens is 384 g/mol. The lowest BCUT2D eigenvalue weighted by molar-refractivity contribution is -0.206. The molecule has 2 aliphatic heterocycles. The van der Waals surface area contributed by atoms with Crippen LogP contribution in [0.3, 0.4) is 0 Å². The molecule has 0 aromatic carbocycles. The fourth-order valence-electron chi connectivity index (χ4n) is 3.62. The Bertz CT molecular complexity index is 438. The zero-order chi connectivity index (χ0) is 21.2. The Balaban J connectivity index is 1.60. The zero-order valence-corrected chi connectivity index (χ0v) is 17.3. The fraction of sp³-hybridized carbons (Fsp3) is 1.00. The number of hydrogen-bond acceptors (Lipinski definition) is 9. The van der Waals surface area contributed by atoms with Crippen LogP contribution in [0.5, 0.6) is 0 Å². The van der Waals surface area contributed by atoms with E-state index in [1.165, 1.54) is 32.1 Å². The molecule has 29 heavy (non-hydrogen) atoms. The number of hydrogen-bond donors (Lipinski definition) is 5. The topological polar surface area (TPSA) is 138 Å². The molecule has 5 N–H and O–H groups in total. The normalized spacial score (nSPS) is 37.4. The maximum Gasteiger partial charge on any atom is 0.186 e. The Hall–Kier alpha value is -0.360. The van der Waals surface area contributed by atoms with Crippen molar-refractivity contribution in [2.24, 2.45) is 0 Å². The lowest BCUT2D eigenvalue weighted by Gasteiger charge is -2.20. The zero-order valence-electron chi connectivity index (χ0n) is 17.3. The molecular formula is C20H38O9. The maximum atomic E-state index is 10.1. The van der Waals surface area contributed by atoms with Gasteiger partial charge in [0, 0.05) is 6.61 Å². The first-order valence-corrected chi connectivity index (χ1v) is 10.9. The Morgan fingerprint density at radius 2 is 1.17 bits per heavy atom. The number of unbranched alkanes of at least 4 members (excludes halogenated alkanes) is 7. The van der Waals surface area contributed by atoms with Gasteiger partial charge in [-0.3, -0.25) is 0 Å². The van der Waals surface area contributed by atoms with E-state index in [4.69, 9.17) is 24.1 Å². The second kappa shape index (κ2) is 13.1. The number of ether oxygens (including phenoxy) is 4. The first kappa shape index (κ1) is 24.9. The third-order valence-corrected chi connectivity index (χ3v) is 5.52. The van der Waals surface area contributed by atoms with Gasteiger partial charge in [-0.05, 0) is 6.42 Å². The van der Waals surface area contributed by atoms with Crippen LogP contribution in [-0.2, 0) is 18.9 Å². The van der Waals surface area contributed by atoms with E-state index in [0.717, 1.165) is 19.3 Å². The summed E-state index contributed by atoms with van der Waals surface area (Å²) >= 11 is 0. The van der Waals surface area contributed by atoms with Crippen molar-refractivity contribution < 1.29 is 44.5 Å². The third-order valence-electron chi connectivity index (χ3n) is 5.52. The van der Waals surface area contributed by atoms with Gasteiger partial charge in [0.15, 0.2) is 12.6 Å². The first-order valence-electron chi connectivity index (χ1n) is 10.9. The number of rotatable bonds is 14. The van der Waals surface area contributed by atoms with Crippen LogP contribution in [0.4, 0.5) is 0 Å². The van der Waals surface area contributed by atoms with Crippen molar-refractivity contribution in [3.63, 3.8) is 0 Å². The molecule has 9 nitrogen and oxygen atoms in total. The molecule has 0 saturated carbocycles. The predicted molar refractivity (Wildman–Crippen MR) is 103 cm³/mol. The van der Waals surface area contributed by atoms with Crippen LogP contribution in [0.25, 0.3) is 0 Å². The predicted octanol–water partition coefficient (Wildman–Crippen LogP) is 0.0460. The van der Waals surface area contributed by atoms with E-state index in [-0.39, 0.29) is 6.61 Å². The van der Waals surface area contributed by atoms with Crippen molar-refractivity contribution in [1.29, 1.82) is 0 Å². The van der Waals surface area contributed by atoms with Crippen LogP contribution < -0.4 is 0 Å². The second-order valence-corrected chi connectivity index (χ2v) is 7.91.